The lowest BCUT2D eigenvalue weighted by molar-refractivity contribution is 0.630. The minimum absolute atomic E-state index is 0.0757. The molecule has 0 unspecified atom stereocenters. The van der Waals surface area contributed by atoms with E-state index in [0.717, 1.165) is 70.2 Å². The van der Waals surface area contributed by atoms with Gasteiger partial charge in [-0.25, -0.2) is 4.39 Å². The zero-order chi connectivity index (χ0) is 19.6. The van der Waals surface area contributed by atoms with Crippen molar-refractivity contribution < 1.29 is 4.39 Å². The van der Waals surface area contributed by atoms with Crippen LogP contribution in [-0.4, -0.2) is 0 Å². The Bertz CT molecular complexity index is 896. The topological polar surface area (TPSA) is 23.8 Å². The lowest BCUT2D eigenvalue weighted by Gasteiger charge is -2.19. The van der Waals surface area contributed by atoms with Crippen molar-refractivity contribution in [3.63, 3.8) is 0 Å². The SMILES string of the molecule is CC.CC1=CC(F)=C(C2=CC=C(C#Cc3ccc(SC#N)cc3)CC2)CC1. The van der Waals surface area contributed by atoms with Gasteiger partial charge in [0, 0.05) is 16.0 Å². The number of hydrogen-bond acceptors (Lipinski definition) is 2. The van der Waals surface area contributed by atoms with Crippen molar-refractivity contribution in [3.05, 3.63) is 76.2 Å². The third kappa shape index (κ3) is 6.02. The van der Waals surface area contributed by atoms with Crippen LogP contribution in [0.2, 0.25) is 0 Å². The van der Waals surface area contributed by atoms with Crippen molar-refractivity contribution in [1.82, 2.24) is 0 Å². The van der Waals surface area contributed by atoms with E-state index in [9.17, 15) is 4.39 Å². The first-order valence-corrected chi connectivity index (χ1v) is 10.1. The fraction of sp³-hybridized carbons (Fsp3) is 0.292. The Morgan fingerprint density at radius 2 is 1.70 bits per heavy atom. The van der Waals surface area contributed by atoms with Crippen LogP contribution in [-0.2, 0) is 0 Å². The predicted molar refractivity (Wildman–Crippen MR) is 113 cm³/mol. The highest BCUT2D eigenvalue weighted by atomic mass is 32.2. The van der Waals surface area contributed by atoms with E-state index >= 15 is 0 Å². The fourth-order valence-corrected chi connectivity index (χ4v) is 3.31. The van der Waals surface area contributed by atoms with Crippen LogP contribution in [0.1, 0.15) is 52.0 Å². The molecule has 0 aliphatic heterocycles. The van der Waals surface area contributed by atoms with Gasteiger partial charge in [-0.2, -0.15) is 5.26 Å². The molecule has 0 atom stereocenters. The Morgan fingerprint density at radius 3 is 2.30 bits per heavy atom. The summed E-state index contributed by atoms with van der Waals surface area (Å²) < 4.78 is 14.1. The molecule has 138 valence electrons. The Balaban J connectivity index is 0.00000126. The lowest BCUT2D eigenvalue weighted by Crippen LogP contribution is -2.01. The van der Waals surface area contributed by atoms with Gasteiger partial charge in [0.15, 0.2) is 0 Å². The Morgan fingerprint density at radius 1 is 0.963 bits per heavy atom. The number of hydrogen-bond donors (Lipinski definition) is 0. The highest BCUT2D eigenvalue weighted by Crippen LogP contribution is 2.34. The third-order valence-electron chi connectivity index (χ3n) is 4.35. The molecule has 0 N–H and O–H groups in total. The van der Waals surface area contributed by atoms with Crippen LogP contribution in [0.5, 0.6) is 0 Å². The highest BCUT2D eigenvalue weighted by molar-refractivity contribution is 8.03. The molecular weight excluding hydrogens is 353 g/mol. The van der Waals surface area contributed by atoms with Crippen LogP contribution in [0.4, 0.5) is 4.39 Å². The van der Waals surface area contributed by atoms with Gasteiger partial charge in [0.25, 0.3) is 0 Å². The first-order valence-electron chi connectivity index (χ1n) is 9.29. The molecule has 0 amide bonds. The van der Waals surface area contributed by atoms with E-state index < -0.39 is 0 Å². The number of thiocyanates is 1. The molecule has 0 saturated heterocycles. The van der Waals surface area contributed by atoms with Crippen molar-refractivity contribution in [2.24, 2.45) is 0 Å². The molecule has 2 aliphatic carbocycles. The lowest BCUT2D eigenvalue weighted by atomic mass is 9.87. The number of nitriles is 1. The Labute approximate surface area is 166 Å². The quantitative estimate of drug-likeness (QED) is 0.308. The first kappa shape index (κ1) is 20.8. The summed E-state index contributed by atoms with van der Waals surface area (Å²) in [4.78, 5) is 0.921. The van der Waals surface area contributed by atoms with Crippen LogP contribution in [0, 0.1) is 22.5 Å². The maximum absolute atomic E-state index is 14.1. The van der Waals surface area contributed by atoms with Gasteiger partial charge in [-0.05, 0) is 85.9 Å². The molecule has 1 aromatic rings. The Hall–Kier alpha value is -2.49. The molecule has 2 aliphatic rings. The molecule has 0 saturated carbocycles. The smallest absolute Gasteiger partial charge is 0.138 e. The van der Waals surface area contributed by atoms with Gasteiger partial charge in [0.05, 0.1) is 0 Å². The van der Waals surface area contributed by atoms with E-state index in [-0.39, 0.29) is 5.83 Å². The normalized spacial score (nSPS) is 15.9. The molecule has 27 heavy (non-hydrogen) atoms. The average Bonchev–Trinajstić information content (AvgIpc) is 2.70. The van der Waals surface area contributed by atoms with Gasteiger partial charge in [0.1, 0.15) is 11.2 Å². The van der Waals surface area contributed by atoms with Crippen molar-refractivity contribution in [2.45, 2.75) is 51.3 Å². The number of allylic oxidation sites excluding steroid dienone is 8. The molecule has 0 aromatic heterocycles. The summed E-state index contributed by atoms with van der Waals surface area (Å²) >= 11 is 1.14. The summed E-state index contributed by atoms with van der Waals surface area (Å²) in [5, 5.41) is 10.7. The van der Waals surface area contributed by atoms with E-state index in [0.29, 0.717) is 0 Å². The maximum Gasteiger partial charge on any atom is 0.138 e. The molecule has 0 bridgehead atoms. The summed E-state index contributed by atoms with van der Waals surface area (Å²) in [5.41, 5.74) is 5.07. The zero-order valence-corrected chi connectivity index (χ0v) is 16.9. The maximum atomic E-state index is 14.1. The van der Waals surface area contributed by atoms with E-state index in [1.807, 2.05) is 57.2 Å². The van der Waals surface area contributed by atoms with Gasteiger partial charge in [-0.15, -0.1) is 0 Å². The van der Waals surface area contributed by atoms with Gasteiger partial charge < -0.3 is 0 Å². The summed E-state index contributed by atoms with van der Waals surface area (Å²) in [6.07, 6.45) is 9.11. The molecule has 3 rings (SSSR count). The van der Waals surface area contributed by atoms with Gasteiger partial charge in [0.2, 0.25) is 0 Å². The standard InChI is InChI=1S/C22H18FNS.C2H6/c1-16-2-13-21(22(23)14-16)19-9-5-17(6-10-19)3-4-18-7-11-20(12-8-18)25-15-24;1-2/h5,7-9,11-12,14H,2,6,10,13H2,1H3;1-2H3. The third-order valence-corrected chi connectivity index (χ3v) is 4.95. The van der Waals surface area contributed by atoms with Crippen molar-refractivity contribution in [1.29, 1.82) is 5.26 Å². The average molecular weight is 378 g/mol. The summed E-state index contributed by atoms with van der Waals surface area (Å²) in [5.74, 6) is 6.29. The minimum Gasteiger partial charge on any atom is -0.207 e. The van der Waals surface area contributed by atoms with Crippen LogP contribution in [0.15, 0.2) is 75.5 Å². The summed E-state index contributed by atoms with van der Waals surface area (Å²) in [6.45, 7) is 5.98. The second-order valence-electron chi connectivity index (χ2n) is 6.17. The van der Waals surface area contributed by atoms with E-state index in [4.69, 9.17) is 5.26 Å². The summed E-state index contributed by atoms with van der Waals surface area (Å²) in [6, 6.07) is 7.65. The Kier molecular flexibility index (Phi) is 8.18. The largest absolute Gasteiger partial charge is 0.207 e. The minimum atomic E-state index is -0.0757. The van der Waals surface area contributed by atoms with Gasteiger partial charge in [-0.3, -0.25) is 0 Å². The van der Waals surface area contributed by atoms with Gasteiger partial charge in [-0.1, -0.05) is 43.4 Å². The number of rotatable bonds is 2. The number of benzene rings is 1. The molecule has 0 fully saturated rings. The second-order valence-corrected chi connectivity index (χ2v) is 7.03. The first-order chi connectivity index (χ1) is 13.2. The fourth-order valence-electron chi connectivity index (χ4n) is 2.94. The van der Waals surface area contributed by atoms with Crippen molar-refractivity contribution in [3.8, 4) is 17.2 Å². The molecule has 0 radical (unpaired) electrons. The van der Waals surface area contributed by atoms with Crippen LogP contribution < -0.4 is 0 Å². The molecular formula is C24H24FNS. The molecule has 1 aromatic carbocycles. The van der Waals surface area contributed by atoms with Crippen molar-refractivity contribution in [2.75, 3.05) is 0 Å². The second kappa shape index (κ2) is 10.6. The molecule has 0 spiro atoms. The number of nitrogens with zero attached hydrogens (tertiary/aromatic N) is 1. The summed E-state index contributed by atoms with van der Waals surface area (Å²) in [7, 11) is 0. The van der Waals surface area contributed by atoms with Crippen molar-refractivity contribution >= 4 is 11.8 Å². The number of halogens is 1. The van der Waals surface area contributed by atoms with Crippen LogP contribution in [0.3, 0.4) is 0 Å². The molecule has 1 nitrogen and oxygen atoms in total. The van der Waals surface area contributed by atoms with Crippen LogP contribution >= 0.6 is 11.8 Å². The molecule has 3 heteroatoms. The highest BCUT2D eigenvalue weighted by Gasteiger charge is 2.16. The predicted octanol–water partition coefficient (Wildman–Crippen LogP) is 7.25. The van der Waals surface area contributed by atoms with E-state index in [2.05, 4.69) is 17.2 Å². The number of thioether (sulfide) groups is 1. The monoisotopic (exact) mass is 377 g/mol. The van der Waals surface area contributed by atoms with Gasteiger partial charge >= 0.3 is 0 Å². The molecule has 0 heterocycles. The zero-order valence-electron chi connectivity index (χ0n) is 16.1. The van der Waals surface area contributed by atoms with E-state index in [1.165, 1.54) is 0 Å². The van der Waals surface area contributed by atoms with E-state index in [1.54, 1.807) is 6.08 Å². The van der Waals surface area contributed by atoms with Crippen LogP contribution in [0.25, 0.3) is 0 Å².